The molecule has 2 aliphatic rings. The molecule has 148 valence electrons. The van der Waals surface area contributed by atoms with Crippen molar-refractivity contribution in [3.63, 3.8) is 0 Å². The van der Waals surface area contributed by atoms with Gasteiger partial charge in [0.05, 0.1) is 0 Å². The Kier molecular flexibility index (Phi) is 6.43. The van der Waals surface area contributed by atoms with Crippen molar-refractivity contribution in [1.29, 1.82) is 0 Å². The SMILES string of the molecule is O=C(NC1CCCC1)[C@@H](c1ccccc1)N1CCC(Cc2ccccc2)CC1. The zero-order valence-corrected chi connectivity index (χ0v) is 16.7. The van der Waals surface area contributed by atoms with E-state index in [2.05, 4.69) is 52.7 Å². The number of carbonyl (C=O) groups excluding carboxylic acids is 1. The quantitative estimate of drug-likeness (QED) is 0.790. The second-order valence-corrected chi connectivity index (χ2v) is 8.47. The van der Waals surface area contributed by atoms with Crippen LogP contribution in [0.15, 0.2) is 60.7 Å². The molecule has 1 N–H and O–H groups in total. The minimum absolute atomic E-state index is 0.153. The van der Waals surface area contributed by atoms with Crippen molar-refractivity contribution >= 4 is 5.91 Å². The Labute approximate surface area is 169 Å². The molecular formula is C25H32N2O. The number of hydrogen-bond acceptors (Lipinski definition) is 2. The van der Waals surface area contributed by atoms with Gasteiger partial charge in [-0.2, -0.15) is 0 Å². The number of piperidine rings is 1. The summed E-state index contributed by atoms with van der Waals surface area (Å²) in [6.07, 6.45) is 8.22. The molecule has 3 nitrogen and oxygen atoms in total. The Hall–Kier alpha value is -2.13. The van der Waals surface area contributed by atoms with Gasteiger partial charge in [-0.05, 0) is 62.2 Å². The van der Waals surface area contributed by atoms with Gasteiger partial charge in [0.15, 0.2) is 0 Å². The van der Waals surface area contributed by atoms with E-state index in [4.69, 9.17) is 0 Å². The number of amides is 1. The molecular weight excluding hydrogens is 344 g/mol. The smallest absolute Gasteiger partial charge is 0.242 e. The third kappa shape index (κ3) is 4.82. The van der Waals surface area contributed by atoms with Crippen LogP contribution < -0.4 is 5.32 Å². The van der Waals surface area contributed by atoms with E-state index in [1.807, 2.05) is 18.2 Å². The van der Waals surface area contributed by atoms with Crippen LogP contribution in [-0.4, -0.2) is 29.9 Å². The summed E-state index contributed by atoms with van der Waals surface area (Å²) < 4.78 is 0. The summed E-state index contributed by atoms with van der Waals surface area (Å²) in [6, 6.07) is 21.4. The zero-order valence-electron chi connectivity index (χ0n) is 16.7. The van der Waals surface area contributed by atoms with Crippen LogP contribution in [0.3, 0.4) is 0 Å². The molecule has 0 aromatic heterocycles. The molecule has 1 saturated heterocycles. The fraction of sp³-hybridized carbons (Fsp3) is 0.480. The van der Waals surface area contributed by atoms with Crippen molar-refractivity contribution in [3.8, 4) is 0 Å². The van der Waals surface area contributed by atoms with E-state index < -0.39 is 0 Å². The minimum Gasteiger partial charge on any atom is -0.352 e. The van der Waals surface area contributed by atoms with Crippen LogP contribution in [0.25, 0.3) is 0 Å². The Balaban J connectivity index is 1.41. The van der Waals surface area contributed by atoms with Crippen molar-refractivity contribution in [2.45, 2.75) is 57.0 Å². The molecule has 0 bridgehead atoms. The van der Waals surface area contributed by atoms with Gasteiger partial charge in [0.1, 0.15) is 6.04 Å². The van der Waals surface area contributed by atoms with Crippen molar-refractivity contribution in [2.75, 3.05) is 13.1 Å². The highest BCUT2D eigenvalue weighted by atomic mass is 16.2. The molecule has 0 spiro atoms. The molecule has 2 aromatic rings. The van der Waals surface area contributed by atoms with Crippen molar-refractivity contribution < 1.29 is 4.79 Å². The summed E-state index contributed by atoms with van der Waals surface area (Å²) in [5.41, 5.74) is 2.55. The number of carbonyl (C=O) groups is 1. The summed E-state index contributed by atoms with van der Waals surface area (Å²) in [5.74, 6) is 0.910. The first kappa shape index (κ1) is 19.2. The van der Waals surface area contributed by atoms with Crippen LogP contribution in [0.5, 0.6) is 0 Å². The second-order valence-electron chi connectivity index (χ2n) is 8.47. The fourth-order valence-corrected chi connectivity index (χ4v) is 4.88. The third-order valence-corrected chi connectivity index (χ3v) is 6.45. The predicted octanol–water partition coefficient (Wildman–Crippen LogP) is 4.74. The normalized spacial score (nSPS) is 20.1. The van der Waals surface area contributed by atoms with Crippen LogP contribution in [0, 0.1) is 5.92 Å². The second kappa shape index (κ2) is 9.38. The summed E-state index contributed by atoms with van der Waals surface area (Å²) in [6.45, 7) is 1.99. The lowest BCUT2D eigenvalue weighted by molar-refractivity contribution is -0.128. The van der Waals surface area contributed by atoms with Crippen molar-refractivity contribution in [1.82, 2.24) is 10.2 Å². The van der Waals surface area contributed by atoms with E-state index >= 15 is 0 Å². The van der Waals surface area contributed by atoms with Crippen LogP contribution in [0.4, 0.5) is 0 Å². The minimum atomic E-state index is -0.153. The largest absolute Gasteiger partial charge is 0.352 e. The Morgan fingerprint density at radius 1 is 0.893 bits per heavy atom. The Bertz CT molecular complexity index is 732. The van der Waals surface area contributed by atoms with E-state index in [0.717, 1.165) is 50.8 Å². The first-order chi connectivity index (χ1) is 13.8. The fourth-order valence-electron chi connectivity index (χ4n) is 4.88. The number of rotatable bonds is 6. The molecule has 1 atom stereocenters. The Morgan fingerprint density at radius 3 is 2.14 bits per heavy atom. The lowest BCUT2D eigenvalue weighted by Crippen LogP contribution is -2.46. The van der Waals surface area contributed by atoms with Gasteiger partial charge >= 0.3 is 0 Å². The van der Waals surface area contributed by atoms with E-state index in [0.29, 0.717) is 12.0 Å². The van der Waals surface area contributed by atoms with E-state index in [9.17, 15) is 4.79 Å². The maximum atomic E-state index is 13.2. The maximum absolute atomic E-state index is 13.2. The molecule has 2 fully saturated rings. The topological polar surface area (TPSA) is 32.3 Å². The summed E-state index contributed by atoms with van der Waals surface area (Å²) in [4.78, 5) is 15.6. The van der Waals surface area contributed by atoms with Gasteiger partial charge in [0.2, 0.25) is 5.91 Å². The highest BCUT2D eigenvalue weighted by Crippen LogP contribution is 2.29. The molecule has 1 aliphatic heterocycles. The molecule has 3 heteroatoms. The number of likely N-dealkylation sites (tertiary alicyclic amines) is 1. The summed E-state index contributed by atoms with van der Waals surface area (Å²) in [5, 5.41) is 3.35. The third-order valence-electron chi connectivity index (χ3n) is 6.45. The van der Waals surface area contributed by atoms with Gasteiger partial charge in [-0.25, -0.2) is 0 Å². The number of benzene rings is 2. The highest BCUT2D eigenvalue weighted by Gasteiger charge is 2.32. The first-order valence-electron chi connectivity index (χ1n) is 10.9. The van der Waals surface area contributed by atoms with Gasteiger partial charge < -0.3 is 5.32 Å². The average molecular weight is 377 g/mol. The molecule has 1 amide bonds. The monoisotopic (exact) mass is 376 g/mol. The molecule has 1 heterocycles. The van der Waals surface area contributed by atoms with E-state index in [-0.39, 0.29) is 11.9 Å². The number of nitrogens with one attached hydrogen (secondary N) is 1. The predicted molar refractivity (Wildman–Crippen MR) is 114 cm³/mol. The van der Waals surface area contributed by atoms with Crippen LogP contribution in [0.1, 0.15) is 55.7 Å². The lowest BCUT2D eigenvalue weighted by atomic mass is 9.89. The zero-order chi connectivity index (χ0) is 19.2. The number of hydrogen-bond donors (Lipinski definition) is 1. The molecule has 28 heavy (non-hydrogen) atoms. The van der Waals surface area contributed by atoms with E-state index in [1.54, 1.807) is 0 Å². The summed E-state index contributed by atoms with van der Waals surface area (Å²) in [7, 11) is 0. The highest BCUT2D eigenvalue weighted by molar-refractivity contribution is 5.83. The van der Waals surface area contributed by atoms with Crippen LogP contribution >= 0.6 is 0 Å². The van der Waals surface area contributed by atoms with Gasteiger partial charge in [0.25, 0.3) is 0 Å². The first-order valence-corrected chi connectivity index (χ1v) is 10.9. The van der Waals surface area contributed by atoms with E-state index in [1.165, 1.54) is 18.4 Å². The lowest BCUT2D eigenvalue weighted by Gasteiger charge is -2.37. The van der Waals surface area contributed by atoms with Gasteiger partial charge in [-0.15, -0.1) is 0 Å². The van der Waals surface area contributed by atoms with Crippen molar-refractivity contribution in [2.24, 2.45) is 5.92 Å². The molecule has 1 saturated carbocycles. The molecule has 0 radical (unpaired) electrons. The van der Waals surface area contributed by atoms with Gasteiger partial charge in [-0.3, -0.25) is 9.69 Å². The van der Waals surface area contributed by atoms with Crippen LogP contribution in [0.2, 0.25) is 0 Å². The molecule has 1 aliphatic carbocycles. The van der Waals surface area contributed by atoms with Crippen molar-refractivity contribution in [3.05, 3.63) is 71.8 Å². The Morgan fingerprint density at radius 2 is 1.50 bits per heavy atom. The maximum Gasteiger partial charge on any atom is 0.242 e. The average Bonchev–Trinajstić information content (AvgIpc) is 3.24. The summed E-state index contributed by atoms with van der Waals surface area (Å²) >= 11 is 0. The molecule has 2 aromatic carbocycles. The molecule has 0 unspecified atom stereocenters. The number of nitrogens with zero attached hydrogens (tertiary/aromatic N) is 1. The van der Waals surface area contributed by atoms with Gasteiger partial charge in [0, 0.05) is 6.04 Å². The van der Waals surface area contributed by atoms with Crippen LogP contribution in [-0.2, 0) is 11.2 Å². The standard InChI is InChI=1S/C25H32N2O/c28-25(26-23-13-7-8-14-23)24(22-11-5-2-6-12-22)27-17-15-21(16-18-27)19-20-9-3-1-4-10-20/h1-6,9-12,21,23-24H,7-8,13-19H2,(H,26,28)/t24-/m1/s1. The van der Waals surface area contributed by atoms with Gasteiger partial charge in [-0.1, -0.05) is 73.5 Å². The molecule has 4 rings (SSSR count).